The van der Waals surface area contributed by atoms with Crippen molar-refractivity contribution >= 4 is 28.9 Å². The summed E-state index contributed by atoms with van der Waals surface area (Å²) in [6.07, 6.45) is 0. The van der Waals surface area contributed by atoms with E-state index in [0.717, 1.165) is 0 Å². The second-order valence-electron chi connectivity index (χ2n) is 2.88. The average molecular weight is 219 g/mol. The minimum absolute atomic E-state index is 0.419. The van der Waals surface area contributed by atoms with Crippen molar-refractivity contribution in [2.45, 2.75) is 26.4 Å². The van der Waals surface area contributed by atoms with Gasteiger partial charge < -0.3 is 4.52 Å². The molecule has 0 radical (unpaired) electrons. The van der Waals surface area contributed by atoms with Crippen molar-refractivity contribution < 1.29 is 14.1 Å². The van der Waals surface area contributed by atoms with Gasteiger partial charge in [0.15, 0.2) is 0 Å². The van der Waals surface area contributed by atoms with Gasteiger partial charge in [-0.15, -0.1) is 0 Å². The molecular formula is C5H12ClO3PS. The van der Waals surface area contributed by atoms with E-state index in [9.17, 15) is 0 Å². The first-order valence-corrected chi connectivity index (χ1v) is 6.54. The topological polar surface area (TPSA) is 27.7 Å². The van der Waals surface area contributed by atoms with Crippen LogP contribution in [0.2, 0.25) is 0 Å². The predicted octanol–water partition coefficient (Wildman–Crippen LogP) is 2.84. The molecule has 0 aromatic rings. The normalized spacial score (nSPS) is 17.9. The molecule has 0 bridgehead atoms. The van der Waals surface area contributed by atoms with Crippen LogP contribution < -0.4 is 0 Å². The van der Waals surface area contributed by atoms with Gasteiger partial charge in [0, 0.05) is 7.11 Å². The van der Waals surface area contributed by atoms with Crippen LogP contribution in [0.1, 0.15) is 20.8 Å². The highest BCUT2D eigenvalue weighted by Crippen LogP contribution is 2.53. The zero-order valence-corrected chi connectivity index (χ0v) is 9.43. The van der Waals surface area contributed by atoms with E-state index in [1.54, 1.807) is 0 Å². The van der Waals surface area contributed by atoms with Crippen molar-refractivity contribution in [1.29, 1.82) is 0 Å². The Kier molecular flexibility index (Phi) is 4.48. The highest BCUT2D eigenvalue weighted by molar-refractivity contribution is 8.22. The van der Waals surface area contributed by atoms with Crippen LogP contribution in [0.15, 0.2) is 0 Å². The fourth-order valence-electron chi connectivity index (χ4n) is 0.187. The van der Waals surface area contributed by atoms with Crippen LogP contribution in [0.5, 0.6) is 0 Å². The number of hydrogen-bond donors (Lipinski definition) is 0. The van der Waals surface area contributed by atoms with E-state index in [-0.39, 0.29) is 0 Å². The summed E-state index contributed by atoms with van der Waals surface area (Å²) in [6.45, 7) is 5.48. The van der Waals surface area contributed by atoms with Crippen molar-refractivity contribution in [2.24, 2.45) is 0 Å². The minimum Gasteiger partial charge on any atom is -0.320 e. The van der Waals surface area contributed by atoms with Gasteiger partial charge in [-0.25, -0.2) is 4.89 Å². The molecule has 0 rings (SSSR count). The quantitative estimate of drug-likeness (QED) is 0.414. The lowest BCUT2D eigenvalue weighted by molar-refractivity contribution is -0.273. The highest BCUT2D eigenvalue weighted by atomic mass is 35.7. The van der Waals surface area contributed by atoms with E-state index in [1.807, 2.05) is 20.8 Å². The molecule has 0 aromatic carbocycles. The van der Waals surface area contributed by atoms with Crippen LogP contribution in [-0.2, 0) is 25.9 Å². The van der Waals surface area contributed by atoms with Crippen molar-refractivity contribution in [1.82, 2.24) is 0 Å². The Bertz CT molecular complexity index is 168. The molecule has 0 heterocycles. The third-order valence-electron chi connectivity index (χ3n) is 0.594. The zero-order chi connectivity index (χ0) is 9.12. The molecule has 3 nitrogen and oxygen atoms in total. The molecule has 0 aliphatic carbocycles. The summed E-state index contributed by atoms with van der Waals surface area (Å²) in [5.41, 5.74) is -0.419. The molecule has 0 fully saturated rings. The summed E-state index contributed by atoms with van der Waals surface area (Å²) in [5, 5.41) is 0. The molecule has 0 N–H and O–H groups in total. The molecule has 6 heteroatoms. The molecule has 0 aliphatic rings. The SMILES string of the molecule is COP(=S)(Cl)OOC(C)(C)C. The first-order chi connectivity index (χ1) is 4.77. The molecule has 0 saturated heterocycles. The van der Waals surface area contributed by atoms with Crippen molar-refractivity contribution in [3.63, 3.8) is 0 Å². The molecule has 0 aromatic heterocycles. The summed E-state index contributed by atoms with van der Waals surface area (Å²) in [7, 11) is 1.39. The number of hydrogen-bond acceptors (Lipinski definition) is 4. The summed E-state index contributed by atoms with van der Waals surface area (Å²) >= 11 is 10.3. The van der Waals surface area contributed by atoms with Gasteiger partial charge >= 0.3 is 5.84 Å². The Morgan fingerprint density at radius 1 is 1.36 bits per heavy atom. The second kappa shape index (κ2) is 4.17. The second-order valence-corrected chi connectivity index (χ2v) is 7.64. The number of halogens is 1. The van der Waals surface area contributed by atoms with Gasteiger partial charge in [-0.1, -0.05) is 0 Å². The highest BCUT2D eigenvalue weighted by Gasteiger charge is 2.19. The lowest BCUT2D eigenvalue weighted by Gasteiger charge is -2.20. The van der Waals surface area contributed by atoms with Crippen LogP contribution in [-0.4, -0.2) is 12.7 Å². The Labute approximate surface area is 76.9 Å². The summed E-state index contributed by atoms with van der Waals surface area (Å²) in [6, 6.07) is 0. The van der Waals surface area contributed by atoms with Crippen LogP contribution >= 0.6 is 17.1 Å². The third kappa shape index (κ3) is 7.19. The zero-order valence-electron chi connectivity index (χ0n) is 6.96. The monoisotopic (exact) mass is 218 g/mol. The molecule has 0 amide bonds. The van der Waals surface area contributed by atoms with Gasteiger partial charge in [-0.05, 0) is 43.8 Å². The molecular weight excluding hydrogens is 207 g/mol. The molecule has 0 spiro atoms. The van der Waals surface area contributed by atoms with E-state index >= 15 is 0 Å². The molecule has 0 saturated carbocycles. The van der Waals surface area contributed by atoms with E-state index in [1.165, 1.54) is 7.11 Å². The van der Waals surface area contributed by atoms with Crippen molar-refractivity contribution in [3.05, 3.63) is 0 Å². The van der Waals surface area contributed by atoms with Gasteiger partial charge in [0.2, 0.25) is 0 Å². The van der Waals surface area contributed by atoms with E-state index < -0.39 is 11.4 Å². The standard InChI is InChI=1S/C5H12ClO3PS/c1-5(2,3)8-9-10(6,11)7-4/h1-4H3. The van der Waals surface area contributed by atoms with Gasteiger partial charge in [0.1, 0.15) is 0 Å². The van der Waals surface area contributed by atoms with Gasteiger partial charge in [0.05, 0.1) is 5.60 Å². The van der Waals surface area contributed by atoms with Gasteiger partial charge in [-0.2, -0.15) is 4.67 Å². The largest absolute Gasteiger partial charge is 0.320 e. The predicted molar refractivity (Wildman–Crippen MR) is 49.1 cm³/mol. The Balaban J connectivity index is 3.80. The Hall–Kier alpha value is 0.820. The van der Waals surface area contributed by atoms with Crippen LogP contribution in [0.25, 0.3) is 0 Å². The third-order valence-corrected chi connectivity index (χ3v) is 2.50. The minimum atomic E-state index is -2.69. The maximum absolute atomic E-state index is 5.58. The summed E-state index contributed by atoms with van der Waals surface area (Å²) in [5.74, 6) is -2.69. The maximum Gasteiger partial charge on any atom is 0.311 e. The van der Waals surface area contributed by atoms with Crippen molar-refractivity contribution in [2.75, 3.05) is 7.11 Å². The fourth-order valence-corrected chi connectivity index (χ4v) is 0.736. The molecule has 1 atom stereocenters. The average Bonchev–Trinajstić information content (AvgIpc) is 1.83. The summed E-state index contributed by atoms with van der Waals surface area (Å²) in [4.78, 5) is 4.87. The molecule has 0 aliphatic heterocycles. The van der Waals surface area contributed by atoms with Gasteiger partial charge in [0.25, 0.3) is 0 Å². The Morgan fingerprint density at radius 3 is 2.09 bits per heavy atom. The van der Waals surface area contributed by atoms with Crippen LogP contribution in [0, 0.1) is 0 Å². The molecule has 68 valence electrons. The van der Waals surface area contributed by atoms with E-state index in [2.05, 4.69) is 4.52 Å². The van der Waals surface area contributed by atoms with E-state index in [0.29, 0.717) is 0 Å². The first-order valence-electron chi connectivity index (χ1n) is 3.00. The first kappa shape index (κ1) is 11.8. The smallest absolute Gasteiger partial charge is 0.311 e. The molecule has 1 unspecified atom stereocenters. The summed E-state index contributed by atoms with van der Waals surface area (Å²) < 4.78 is 9.39. The molecule has 11 heavy (non-hydrogen) atoms. The van der Waals surface area contributed by atoms with E-state index in [4.69, 9.17) is 32.6 Å². The fraction of sp³-hybridized carbons (Fsp3) is 1.00. The van der Waals surface area contributed by atoms with Gasteiger partial charge in [-0.3, -0.25) is 0 Å². The van der Waals surface area contributed by atoms with Crippen LogP contribution in [0.4, 0.5) is 0 Å². The Morgan fingerprint density at radius 2 is 1.82 bits per heavy atom. The lowest BCUT2D eigenvalue weighted by atomic mass is 10.2. The number of rotatable bonds is 3. The lowest BCUT2D eigenvalue weighted by Crippen LogP contribution is -2.18. The van der Waals surface area contributed by atoms with Crippen molar-refractivity contribution in [3.8, 4) is 0 Å². The maximum atomic E-state index is 5.58. The van der Waals surface area contributed by atoms with Crippen LogP contribution in [0.3, 0.4) is 0 Å².